The molecule has 4 N–H and O–H groups in total. The third-order valence-electron chi connectivity index (χ3n) is 7.84. The number of amides is 1. The Kier molecular flexibility index (Phi) is 7.26. The zero-order valence-electron chi connectivity index (χ0n) is 24.5. The van der Waals surface area contributed by atoms with Crippen molar-refractivity contribution >= 4 is 34.9 Å². The van der Waals surface area contributed by atoms with Crippen LogP contribution in [0.15, 0.2) is 84.0 Å². The van der Waals surface area contributed by atoms with E-state index < -0.39 is 0 Å². The SMILES string of the molecule is Cc1c(NC(=O)c2ccc(C(C)(C)C)cc2)cccc1N1C=C(Nc2ccnc(N3CC[C@@H](N)C3)n2)C2=NC=C[N+]2C1. The average Bonchev–Trinajstić information content (AvgIpc) is 3.63. The van der Waals surface area contributed by atoms with Gasteiger partial charge < -0.3 is 21.3 Å². The number of carbonyl (C=O) groups excluding carboxylic acids is 1. The maximum absolute atomic E-state index is 13.2. The van der Waals surface area contributed by atoms with E-state index in [-0.39, 0.29) is 17.4 Å². The van der Waals surface area contributed by atoms with Gasteiger partial charge in [-0.1, -0.05) is 43.9 Å². The van der Waals surface area contributed by atoms with Crippen LogP contribution in [0.25, 0.3) is 0 Å². The minimum absolute atomic E-state index is 0.0302. The molecule has 10 heteroatoms. The molecular formula is C32H37N9O+. The van der Waals surface area contributed by atoms with Crippen LogP contribution >= 0.6 is 0 Å². The lowest BCUT2D eigenvalue weighted by Gasteiger charge is -2.28. The molecule has 42 heavy (non-hydrogen) atoms. The molecule has 1 fully saturated rings. The summed E-state index contributed by atoms with van der Waals surface area (Å²) in [6, 6.07) is 15.8. The highest BCUT2D eigenvalue weighted by Gasteiger charge is 2.37. The number of benzene rings is 2. The summed E-state index contributed by atoms with van der Waals surface area (Å²) in [5.74, 6) is 2.02. The maximum atomic E-state index is 13.2. The molecular weight excluding hydrogens is 526 g/mol. The van der Waals surface area contributed by atoms with E-state index in [2.05, 4.69) is 62.1 Å². The van der Waals surface area contributed by atoms with Crippen molar-refractivity contribution in [2.24, 2.45) is 10.7 Å². The molecule has 1 saturated heterocycles. The number of hydrogen-bond acceptors (Lipinski definition) is 9. The van der Waals surface area contributed by atoms with Crippen LogP contribution in [-0.4, -0.2) is 47.5 Å². The highest BCUT2D eigenvalue weighted by molar-refractivity contribution is 6.07. The van der Waals surface area contributed by atoms with Crippen LogP contribution in [0.2, 0.25) is 0 Å². The summed E-state index contributed by atoms with van der Waals surface area (Å²) >= 11 is 0. The Morgan fingerprint density at radius 3 is 2.67 bits per heavy atom. The van der Waals surface area contributed by atoms with Gasteiger partial charge in [0.15, 0.2) is 6.20 Å². The normalized spacial score (nSPS) is 18.5. The molecule has 0 aliphatic carbocycles. The molecule has 0 bridgehead atoms. The molecule has 0 unspecified atom stereocenters. The summed E-state index contributed by atoms with van der Waals surface area (Å²) in [4.78, 5) is 33.3. The van der Waals surface area contributed by atoms with E-state index in [0.29, 0.717) is 24.0 Å². The van der Waals surface area contributed by atoms with Gasteiger partial charge in [0.2, 0.25) is 12.6 Å². The summed E-state index contributed by atoms with van der Waals surface area (Å²) in [6.07, 6.45) is 8.47. The van der Waals surface area contributed by atoms with Gasteiger partial charge in [-0.25, -0.2) is 4.98 Å². The molecule has 215 valence electrons. The quantitative estimate of drug-likeness (QED) is 0.375. The number of amidine groups is 1. The van der Waals surface area contributed by atoms with Gasteiger partial charge in [0.05, 0.1) is 11.9 Å². The Hall–Kier alpha value is -4.54. The number of aliphatic imine (C=N–C) groups is 1. The molecule has 4 heterocycles. The molecule has 3 aliphatic heterocycles. The Balaban J connectivity index is 1.24. The molecule has 1 radical (unpaired) electrons. The second kappa shape index (κ2) is 11.0. The molecule has 0 spiro atoms. The second-order valence-corrected chi connectivity index (χ2v) is 12.0. The number of hydrogen-bond donors (Lipinski definition) is 3. The standard InChI is InChI=1S/C32H37N9O/c1-21-25(37-30(42)22-8-10-23(11-9-22)32(2,3)4)6-5-7-27(21)41-19-26(29-34-15-17-40(29)20-41)36-28-12-14-35-31(38-28)39-16-13-24(33)18-39/h5-12,14-15,17,19,24H,13,16,18,20,33H2,1-4H3,(H,37,42)(H,35,36,38)/q+1/t24-/m1/s1. The van der Waals surface area contributed by atoms with E-state index in [1.807, 2.05) is 61.8 Å². The van der Waals surface area contributed by atoms with Gasteiger partial charge in [0.1, 0.15) is 11.5 Å². The van der Waals surface area contributed by atoms with Crippen molar-refractivity contribution < 1.29 is 4.79 Å². The van der Waals surface area contributed by atoms with Gasteiger partial charge in [0, 0.05) is 42.8 Å². The van der Waals surface area contributed by atoms with Gasteiger partial charge in [-0.05, 0) is 60.2 Å². The zero-order chi connectivity index (χ0) is 29.4. The van der Waals surface area contributed by atoms with Crippen LogP contribution in [0.4, 0.5) is 23.1 Å². The van der Waals surface area contributed by atoms with Gasteiger partial charge in [-0.15, -0.1) is 0 Å². The molecule has 6 rings (SSSR count). The van der Waals surface area contributed by atoms with Crippen molar-refractivity contribution in [1.82, 2.24) is 14.9 Å². The zero-order valence-corrected chi connectivity index (χ0v) is 24.5. The predicted molar refractivity (Wildman–Crippen MR) is 169 cm³/mol. The summed E-state index contributed by atoms with van der Waals surface area (Å²) in [6.45, 7) is 10.7. The Morgan fingerprint density at radius 1 is 1.12 bits per heavy atom. The summed E-state index contributed by atoms with van der Waals surface area (Å²) in [7, 11) is 0. The summed E-state index contributed by atoms with van der Waals surface area (Å²) < 4.78 is 0. The summed E-state index contributed by atoms with van der Waals surface area (Å²) in [5.41, 5.74) is 11.5. The lowest BCUT2D eigenvalue weighted by Crippen LogP contribution is -2.46. The van der Waals surface area contributed by atoms with Crippen LogP contribution < -0.4 is 31.1 Å². The van der Waals surface area contributed by atoms with E-state index in [4.69, 9.17) is 10.7 Å². The first-order chi connectivity index (χ1) is 20.2. The third-order valence-corrected chi connectivity index (χ3v) is 7.84. The lowest BCUT2D eigenvalue weighted by atomic mass is 9.86. The second-order valence-electron chi connectivity index (χ2n) is 12.0. The first-order valence-corrected chi connectivity index (χ1v) is 14.3. The van der Waals surface area contributed by atoms with Crippen molar-refractivity contribution in [3.63, 3.8) is 0 Å². The van der Waals surface area contributed by atoms with Gasteiger partial charge in [-0.2, -0.15) is 9.98 Å². The van der Waals surface area contributed by atoms with Crippen LogP contribution in [0.5, 0.6) is 0 Å². The van der Waals surface area contributed by atoms with Crippen molar-refractivity contribution in [1.29, 1.82) is 0 Å². The number of fused-ring (bicyclic) bond motifs is 1. The maximum Gasteiger partial charge on any atom is 0.308 e. The first kappa shape index (κ1) is 27.6. The number of aromatic nitrogens is 2. The fourth-order valence-corrected chi connectivity index (χ4v) is 5.38. The highest BCUT2D eigenvalue weighted by atomic mass is 16.1. The Morgan fingerprint density at radius 2 is 1.93 bits per heavy atom. The highest BCUT2D eigenvalue weighted by Crippen LogP contribution is 2.31. The van der Waals surface area contributed by atoms with Crippen molar-refractivity contribution in [3.8, 4) is 0 Å². The third kappa shape index (κ3) is 5.63. The topological polar surface area (TPSA) is 118 Å². The van der Waals surface area contributed by atoms with E-state index in [9.17, 15) is 4.79 Å². The monoisotopic (exact) mass is 563 g/mol. The Labute approximate surface area is 246 Å². The molecule has 0 saturated carbocycles. The van der Waals surface area contributed by atoms with Crippen LogP contribution in [-0.2, 0) is 5.41 Å². The first-order valence-electron chi connectivity index (χ1n) is 14.3. The molecule has 3 aromatic rings. The number of nitrogens with one attached hydrogen (secondary N) is 2. The minimum Gasteiger partial charge on any atom is -0.339 e. The largest absolute Gasteiger partial charge is 0.339 e. The molecule has 2 aromatic carbocycles. The predicted octanol–water partition coefficient (Wildman–Crippen LogP) is 4.63. The number of nitrogens with zero attached hydrogens (tertiary/aromatic N) is 6. The number of rotatable bonds is 6. The van der Waals surface area contributed by atoms with Crippen molar-refractivity contribution in [2.45, 2.75) is 45.6 Å². The van der Waals surface area contributed by atoms with E-state index in [0.717, 1.165) is 48.0 Å². The van der Waals surface area contributed by atoms with Gasteiger partial charge in [0.25, 0.3) is 5.91 Å². The molecule has 10 nitrogen and oxygen atoms in total. The fraction of sp³-hybridized carbons (Fsp3) is 0.312. The minimum atomic E-state index is -0.136. The fourth-order valence-electron chi connectivity index (χ4n) is 5.38. The Bertz CT molecular complexity index is 1590. The smallest absolute Gasteiger partial charge is 0.308 e. The molecule has 1 amide bonds. The van der Waals surface area contributed by atoms with Crippen LogP contribution in [0.3, 0.4) is 0 Å². The molecule has 1 atom stereocenters. The lowest BCUT2D eigenvalue weighted by molar-refractivity contribution is 0.102. The van der Waals surface area contributed by atoms with E-state index in [1.54, 1.807) is 12.4 Å². The molecule has 3 aliphatic rings. The number of nitrogens with two attached hydrogens (primary N) is 1. The van der Waals surface area contributed by atoms with E-state index in [1.165, 1.54) is 5.56 Å². The molecule has 1 aromatic heterocycles. The van der Waals surface area contributed by atoms with Gasteiger partial charge >= 0.3 is 5.84 Å². The summed E-state index contributed by atoms with van der Waals surface area (Å²) in [5, 5.41) is 6.57. The van der Waals surface area contributed by atoms with Crippen molar-refractivity contribution in [2.75, 3.05) is 40.2 Å². The number of carbonyl (C=O) groups is 1. The van der Waals surface area contributed by atoms with Crippen LogP contribution in [0.1, 0.15) is 48.7 Å². The van der Waals surface area contributed by atoms with Crippen LogP contribution in [0, 0.1) is 6.92 Å². The van der Waals surface area contributed by atoms with Crippen molar-refractivity contribution in [3.05, 3.63) is 95.7 Å². The van der Waals surface area contributed by atoms with E-state index >= 15 is 0 Å². The number of anilines is 4. The van der Waals surface area contributed by atoms with Gasteiger partial charge in [-0.3, -0.25) is 9.69 Å². The average molecular weight is 564 g/mol.